The Kier molecular flexibility index (Phi) is 5.67. The van der Waals surface area contributed by atoms with Gasteiger partial charge >= 0.3 is 16.9 Å². The van der Waals surface area contributed by atoms with Crippen molar-refractivity contribution in [3.63, 3.8) is 0 Å². The topological polar surface area (TPSA) is 164 Å². The van der Waals surface area contributed by atoms with Gasteiger partial charge in [-0.2, -0.15) is 17.2 Å². The Bertz CT molecular complexity index is 844. The van der Waals surface area contributed by atoms with E-state index in [0.717, 1.165) is 11.3 Å². The zero-order valence-corrected chi connectivity index (χ0v) is 14.0. The number of hydrogen-bond donors (Lipinski definition) is 3. The van der Waals surface area contributed by atoms with Crippen molar-refractivity contribution in [1.82, 2.24) is 14.6 Å². The predicted octanol–water partition coefficient (Wildman–Crippen LogP) is -0.864. The normalized spacial score (nSPS) is 20.9. The smallest absolute Gasteiger partial charge is 0.375 e. The Hall–Kier alpha value is -2.46. The molecule has 16 heteroatoms. The summed E-state index contributed by atoms with van der Waals surface area (Å²) in [4.78, 5) is 31.2. The molecule has 0 spiro atoms. The van der Waals surface area contributed by atoms with E-state index >= 15 is 0 Å². The highest BCUT2D eigenvalue weighted by atomic mass is 32.2. The number of amides is 2. The Morgan fingerprint density at radius 1 is 1.58 bits per heavy atom. The zero-order valence-electron chi connectivity index (χ0n) is 12.4. The fourth-order valence-electron chi connectivity index (χ4n) is 2.02. The van der Waals surface area contributed by atoms with Gasteiger partial charge in [-0.1, -0.05) is 5.16 Å². The first kappa shape index (κ1) is 19.9. The molecule has 2 rings (SSSR count). The number of carbonyl (C=O) groups is 2. The molecular weight excluding hydrogens is 407 g/mol. The summed E-state index contributed by atoms with van der Waals surface area (Å²) in [5, 5.41) is 5.99. The molecule has 2 atom stereocenters. The average Bonchev–Trinajstić information content (AvgIpc) is 2.94. The third-order valence-electron chi connectivity index (χ3n) is 3.07. The number of β-lactam (4-membered cyclic amide) rings is 1. The van der Waals surface area contributed by atoms with E-state index in [1.165, 1.54) is 5.38 Å². The maximum atomic E-state index is 13.0. The van der Waals surface area contributed by atoms with Gasteiger partial charge in [0.05, 0.1) is 0 Å². The summed E-state index contributed by atoms with van der Waals surface area (Å²) in [6.45, 7) is -4.78. The molecule has 1 aliphatic heterocycles. The molecule has 0 saturated carbocycles. The number of rotatable bonds is 7. The number of carbonyl (C=O) groups excluding carboxylic acids is 2. The molecule has 2 unspecified atom stereocenters. The molecule has 0 aromatic carbocycles. The number of nitrogens with one attached hydrogen (secondary N) is 1. The first-order chi connectivity index (χ1) is 12.1. The lowest BCUT2D eigenvalue weighted by Crippen LogP contribution is -2.73. The van der Waals surface area contributed by atoms with Gasteiger partial charge in [-0.15, -0.1) is 11.3 Å². The average molecular weight is 417 g/mol. The highest BCUT2D eigenvalue weighted by Gasteiger charge is 2.54. The van der Waals surface area contributed by atoms with Crippen LogP contribution in [0.1, 0.15) is 5.69 Å². The molecule has 1 aromatic heterocycles. The van der Waals surface area contributed by atoms with Crippen LogP contribution in [0.2, 0.25) is 0 Å². The van der Waals surface area contributed by atoms with Gasteiger partial charge in [0.1, 0.15) is 24.5 Å². The first-order valence-corrected chi connectivity index (χ1v) is 8.74. The standard InChI is InChI=1S/C10H10F3N5O6S2/c11-1-4-6(8(20)18(4)26(21,22)23)16-7(19)5(17-24-9(12)13)3-2-25-10(14)15-3/h2,4,6,9H,1H2,(H2,14,15)(H,16,19)(H,21,22,23). The maximum Gasteiger partial charge on any atom is 0.407 e. The van der Waals surface area contributed by atoms with Gasteiger partial charge in [0.25, 0.3) is 11.8 Å². The number of hydrogen-bond acceptors (Lipinski definition) is 9. The maximum absolute atomic E-state index is 13.0. The van der Waals surface area contributed by atoms with Crippen molar-refractivity contribution in [3.8, 4) is 0 Å². The lowest BCUT2D eigenvalue weighted by atomic mass is 10.00. The minimum Gasteiger partial charge on any atom is -0.375 e. The summed E-state index contributed by atoms with van der Waals surface area (Å²) in [7, 11) is -5.02. The number of thiazole rings is 1. The van der Waals surface area contributed by atoms with E-state index in [1.807, 2.05) is 5.32 Å². The van der Waals surface area contributed by atoms with Crippen LogP contribution < -0.4 is 11.1 Å². The SMILES string of the molecule is Nc1nc(C(=NOC(F)F)C(=O)NC2C(=O)N(S(=O)(=O)O)C2CF)cs1. The molecule has 1 fully saturated rings. The Morgan fingerprint density at radius 3 is 2.69 bits per heavy atom. The van der Waals surface area contributed by atoms with Gasteiger partial charge in [-0.05, 0) is 0 Å². The van der Waals surface area contributed by atoms with Crippen LogP contribution in [0.5, 0.6) is 0 Å². The highest BCUT2D eigenvalue weighted by Crippen LogP contribution is 2.24. The predicted molar refractivity (Wildman–Crippen MR) is 80.2 cm³/mol. The van der Waals surface area contributed by atoms with Crippen molar-refractivity contribution >= 4 is 44.3 Å². The monoisotopic (exact) mass is 417 g/mol. The van der Waals surface area contributed by atoms with Crippen molar-refractivity contribution < 1.29 is 40.6 Å². The van der Waals surface area contributed by atoms with Crippen molar-refractivity contribution in [2.45, 2.75) is 18.7 Å². The van der Waals surface area contributed by atoms with Gasteiger partial charge in [-0.25, -0.2) is 13.7 Å². The van der Waals surface area contributed by atoms with Crippen LogP contribution in [0.4, 0.5) is 18.3 Å². The first-order valence-electron chi connectivity index (χ1n) is 6.47. The molecule has 0 aliphatic carbocycles. The van der Waals surface area contributed by atoms with Crippen LogP contribution in [0.3, 0.4) is 0 Å². The second kappa shape index (κ2) is 7.42. The highest BCUT2D eigenvalue weighted by molar-refractivity contribution is 7.84. The molecule has 1 saturated heterocycles. The summed E-state index contributed by atoms with van der Waals surface area (Å²) in [6.07, 6.45) is 0. The molecule has 11 nitrogen and oxygen atoms in total. The number of oxime groups is 1. The molecule has 2 amide bonds. The summed E-state index contributed by atoms with van der Waals surface area (Å²) < 4.78 is 68.0. The van der Waals surface area contributed by atoms with Crippen LogP contribution in [-0.2, 0) is 24.7 Å². The Labute approximate surface area is 147 Å². The van der Waals surface area contributed by atoms with E-state index < -0.39 is 53.2 Å². The summed E-state index contributed by atoms with van der Waals surface area (Å²) in [5.41, 5.74) is 4.31. The fraction of sp³-hybridized carbons (Fsp3) is 0.400. The van der Waals surface area contributed by atoms with Crippen molar-refractivity contribution in [2.24, 2.45) is 5.16 Å². The molecule has 144 valence electrons. The third kappa shape index (κ3) is 4.02. The lowest BCUT2D eigenvalue weighted by Gasteiger charge is -2.42. The second-order valence-electron chi connectivity index (χ2n) is 4.66. The molecule has 0 bridgehead atoms. The molecule has 0 radical (unpaired) electrons. The number of nitrogen functional groups attached to an aromatic ring is 1. The molecule has 26 heavy (non-hydrogen) atoms. The van der Waals surface area contributed by atoms with Gasteiger partial charge in [0.2, 0.25) is 0 Å². The van der Waals surface area contributed by atoms with Crippen molar-refractivity contribution in [1.29, 1.82) is 0 Å². The molecular formula is C10H10F3N5O6S2. The Balaban J connectivity index is 2.22. The van der Waals surface area contributed by atoms with Gasteiger partial charge in [0.15, 0.2) is 10.8 Å². The van der Waals surface area contributed by atoms with Crippen LogP contribution in [-0.4, -0.2) is 65.2 Å². The summed E-state index contributed by atoms with van der Waals surface area (Å²) >= 11 is 0.848. The molecule has 2 heterocycles. The van der Waals surface area contributed by atoms with E-state index in [1.54, 1.807) is 0 Å². The molecule has 1 aliphatic rings. The second-order valence-corrected chi connectivity index (χ2v) is 6.84. The number of alkyl halides is 3. The van der Waals surface area contributed by atoms with Crippen LogP contribution in [0.15, 0.2) is 10.5 Å². The number of nitrogens with zero attached hydrogens (tertiary/aromatic N) is 3. The van der Waals surface area contributed by atoms with Crippen LogP contribution in [0.25, 0.3) is 0 Å². The van der Waals surface area contributed by atoms with E-state index in [-0.39, 0.29) is 15.1 Å². The number of nitrogens with two attached hydrogens (primary N) is 1. The van der Waals surface area contributed by atoms with Crippen molar-refractivity contribution in [3.05, 3.63) is 11.1 Å². The fourth-order valence-corrected chi connectivity index (χ4v) is 3.42. The summed E-state index contributed by atoms with van der Waals surface area (Å²) in [5.74, 6) is -2.60. The number of halogens is 3. The van der Waals surface area contributed by atoms with Gasteiger partial charge < -0.3 is 15.9 Å². The number of anilines is 1. The van der Waals surface area contributed by atoms with E-state index in [4.69, 9.17) is 10.3 Å². The zero-order chi connectivity index (χ0) is 19.6. The van der Waals surface area contributed by atoms with E-state index in [0.29, 0.717) is 0 Å². The van der Waals surface area contributed by atoms with E-state index in [9.17, 15) is 31.2 Å². The van der Waals surface area contributed by atoms with Crippen LogP contribution in [0, 0.1) is 0 Å². The van der Waals surface area contributed by atoms with Crippen molar-refractivity contribution in [2.75, 3.05) is 12.4 Å². The molecule has 1 aromatic rings. The van der Waals surface area contributed by atoms with Gasteiger partial charge in [0, 0.05) is 5.38 Å². The van der Waals surface area contributed by atoms with E-state index in [2.05, 4.69) is 15.0 Å². The quantitative estimate of drug-likeness (QED) is 0.223. The third-order valence-corrected chi connectivity index (χ3v) is 4.69. The summed E-state index contributed by atoms with van der Waals surface area (Å²) in [6, 6.07) is -3.39. The lowest BCUT2D eigenvalue weighted by molar-refractivity contribution is -0.145. The largest absolute Gasteiger partial charge is 0.407 e. The number of aromatic nitrogens is 1. The van der Waals surface area contributed by atoms with Gasteiger partial charge in [-0.3, -0.25) is 14.1 Å². The minimum atomic E-state index is -5.02. The molecule has 4 N–H and O–H groups in total. The minimum absolute atomic E-state index is 0.0311. The van der Waals surface area contributed by atoms with Crippen LogP contribution >= 0.6 is 11.3 Å². The Morgan fingerprint density at radius 2 is 2.23 bits per heavy atom.